The van der Waals surface area contributed by atoms with Crippen molar-refractivity contribution < 1.29 is 0 Å². The summed E-state index contributed by atoms with van der Waals surface area (Å²) >= 11 is 2.16. The van der Waals surface area contributed by atoms with Crippen molar-refractivity contribution in [1.82, 2.24) is 5.32 Å². The summed E-state index contributed by atoms with van der Waals surface area (Å²) in [7, 11) is 0. The van der Waals surface area contributed by atoms with E-state index >= 15 is 0 Å². The lowest BCUT2D eigenvalue weighted by atomic mass is 9.96. The third-order valence-electron chi connectivity index (χ3n) is 2.28. The molecule has 52 valence electrons. The Kier molecular flexibility index (Phi) is 1.68. The quantitative estimate of drug-likeness (QED) is 0.545. The topological polar surface area (TPSA) is 12.0 Å². The number of hydrogen-bond donors (Lipinski definition) is 1. The van der Waals surface area contributed by atoms with Gasteiger partial charge in [-0.05, 0) is 31.1 Å². The summed E-state index contributed by atoms with van der Waals surface area (Å²) in [6, 6.07) is 0. The zero-order valence-electron chi connectivity index (χ0n) is 5.60. The molecule has 0 radical (unpaired) electrons. The highest BCUT2D eigenvalue weighted by atomic mass is 32.2. The fourth-order valence-corrected chi connectivity index (χ4v) is 3.18. The molecule has 0 aromatic carbocycles. The molecule has 2 aliphatic rings. The number of fused-ring (bicyclic) bond motifs is 2. The molecule has 9 heavy (non-hydrogen) atoms. The van der Waals surface area contributed by atoms with Crippen molar-refractivity contribution in [2.24, 2.45) is 5.92 Å². The number of hydrogen-bond acceptors (Lipinski definition) is 2. The lowest BCUT2D eigenvalue weighted by Gasteiger charge is -2.34. The zero-order chi connectivity index (χ0) is 6.10. The van der Waals surface area contributed by atoms with Gasteiger partial charge in [-0.2, -0.15) is 11.8 Å². The standard InChI is InChI=1S/C7H13NS/c1-2-9-7-3-6(1)4-8-5-7/h6-8H,1-5H2. The van der Waals surface area contributed by atoms with Crippen molar-refractivity contribution in [3.05, 3.63) is 0 Å². The Hall–Kier alpha value is 0.310. The molecule has 2 saturated heterocycles. The molecule has 1 N–H and O–H groups in total. The van der Waals surface area contributed by atoms with Crippen LogP contribution in [0.4, 0.5) is 0 Å². The highest BCUT2D eigenvalue weighted by Gasteiger charge is 2.25. The highest BCUT2D eigenvalue weighted by Crippen LogP contribution is 2.31. The molecule has 0 aromatic heterocycles. The number of nitrogens with one attached hydrogen (secondary N) is 1. The minimum absolute atomic E-state index is 0.956. The maximum atomic E-state index is 3.47. The van der Waals surface area contributed by atoms with Crippen molar-refractivity contribution in [3.63, 3.8) is 0 Å². The first-order valence-corrected chi connectivity index (χ1v) is 4.82. The molecule has 2 heterocycles. The van der Waals surface area contributed by atoms with Gasteiger partial charge in [-0.15, -0.1) is 0 Å². The van der Waals surface area contributed by atoms with E-state index in [0.29, 0.717) is 0 Å². The molecule has 0 amide bonds. The van der Waals surface area contributed by atoms with Gasteiger partial charge in [-0.3, -0.25) is 0 Å². The van der Waals surface area contributed by atoms with Crippen LogP contribution in [0.15, 0.2) is 0 Å². The largest absolute Gasteiger partial charge is 0.315 e. The van der Waals surface area contributed by atoms with Gasteiger partial charge in [0.2, 0.25) is 0 Å². The average Bonchev–Trinajstić information content (AvgIpc) is 1.88. The van der Waals surface area contributed by atoms with Crippen LogP contribution < -0.4 is 5.32 Å². The molecular formula is C7H13NS. The molecule has 2 rings (SSSR count). The molecule has 2 fully saturated rings. The van der Waals surface area contributed by atoms with Gasteiger partial charge in [0.15, 0.2) is 0 Å². The van der Waals surface area contributed by atoms with Gasteiger partial charge in [0, 0.05) is 11.8 Å². The van der Waals surface area contributed by atoms with E-state index in [1.54, 1.807) is 0 Å². The Balaban J connectivity index is 1.96. The van der Waals surface area contributed by atoms with Gasteiger partial charge >= 0.3 is 0 Å². The highest BCUT2D eigenvalue weighted by molar-refractivity contribution is 7.99. The summed E-state index contributed by atoms with van der Waals surface area (Å²) in [5.41, 5.74) is 0. The van der Waals surface area contributed by atoms with Gasteiger partial charge in [-0.1, -0.05) is 0 Å². The van der Waals surface area contributed by atoms with Crippen LogP contribution >= 0.6 is 11.8 Å². The molecule has 0 aliphatic carbocycles. The maximum absolute atomic E-state index is 3.47. The lowest BCUT2D eigenvalue weighted by molar-refractivity contribution is 0.367. The first kappa shape index (κ1) is 6.05. The summed E-state index contributed by atoms with van der Waals surface area (Å²) in [6.45, 7) is 2.55. The van der Waals surface area contributed by atoms with Crippen LogP contribution in [-0.4, -0.2) is 24.1 Å². The van der Waals surface area contributed by atoms with Crippen LogP contribution in [-0.2, 0) is 0 Å². The monoisotopic (exact) mass is 143 g/mol. The van der Waals surface area contributed by atoms with Gasteiger partial charge in [0.25, 0.3) is 0 Å². The van der Waals surface area contributed by atoms with E-state index in [-0.39, 0.29) is 0 Å². The second kappa shape index (κ2) is 2.51. The third kappa shape index (κ3) is 1.24. The summed E-state index contributed by atoms with van der Waals surface area (Å²) < 4.78 is 0. The summed E-state index contributed by atoms with van der Waals surface area (Å²) in [5.74, 6) is 2.43. The molecule has 2 atom stereocenters. The first-order chi connectivity index (χ1) is 4.45. The van der Waals surface area contributed by atoms with Gasteiger partial charge < -0.3 is 5.32 Å². The minimum atomic E-state index is 0.956. The Morgan fingerprint density at radius 2 is 2.33 bits per heavy atom. The summed E-state index contributed by atoms with van der Waals surface area (Å²) in [5, 5.41) is 4.42. The van der Waals surface area contributed by atoms with Crippen molar-refractivity contribution in [2.45, 2.75) is 18.1 Å². The van der Waals surface area contributed by atoms with Crippen molar-refractivity contribution in [1.29, 1.82) is 0 Å². The van der Waals surface area contributed by atoms with Crippen LogP contribution in [0.3, 0.4) is 0 Å². The number of thioether (sulfide) groups is 1. The Bertz CT molecular complexity index is 85.1. The lowest BCUT2D eigenvalue weighted by Crippen LogP contribution is -2.40. The molecule has 0 saturated carbocycles. The number of rotatable bonds is 0. The predicted molar refractivity (Wildman–Crippen MR) is 41.8 cm³/mol. The van der Waals surface area contributed by atoms with Crippen molar-refractivity contribution in [2.75, 3.05) is 18.8 Å². The van der Waals surface area contributed by atoms with E-state index in [0.717, 1.165) is 11.2 Å². The molecule has 2 bridgehead atoms. The molecular weight excluding hydrogens is 130 g/mol. The third-order valence-corrected chi connectivity index (χ3v) is 3.58. The van der Waals surface area contributed by atoms with Gasteiger partial charge in [0.05, 0.1) is 0 Å². The Labute approximate surface area is 60.6 Å². The van der Waals surface area contributed by atoms with Crippen LogP contribution in [0, 0.1) is 5.92 Å². The van der Waals surface area contributed by atoms with E-state index in [1.165, 1.54) is 31.7 Å². The normalized spacial score (nSPS) is 42.7. The molecule has 2 aliphatic heterocycles. The molecule has 0 spiro atoms. The van der Waals surface area contributed by atoms with Crippen LogP contribution in [0.2, 0.25) is 0 Å². The molecule has 1 nitrogen and oxygen atoms in total. The SMILES string of the molecule is C1CC2CNCC(C2)S1. The molecule has 2 unspecified atom stereocenters. The van der Waals surface area contributed by atoms with Crippen LogP contribution in [0.25, 0.3) is 0 Å². The number of piperidine rings is 1. The van der Waals surface area contributed by atoms with Gasteiger partial charge in [0.1, 0.15) is 0 Å². The second-order valence-corrected chi connectivity index (χ2v) is 4.45. The van der Waals surface area contributed by atoms with E-state index in [4.69, 9.17) is 0 Å². The van der Waals surface area contributed by atoms with Crippen molar-refractivity contribution in [3.8, 4) is 0 Å². The van der Waals surface area contributed by atoms with Gasteiger partial charge in [-0.25, -0.2) is 0 Å². The van der Waals surface area contributed by atoms with Crippen LogP contribution in [0.1, 0.15) is 12.8 Å². The smallest absolute Gasteiger partial charge is 0.0175 e. The molecule has 2 heteroatoms. The van der Waals surface area contributed by atoms with E-state index < -0.39 is 0 Å². The summed E-state index contributed by atoms with van der Waals surface area (Å²) in [4.78, 5) is 0. The maximum Gasteiger partial charge on any atom is 0.0175 e. The predicted octanol–water partition coefficient (Wildman–Crippen LogP) is 1.10. The van der Waals surface area contributed by atoms with E-state index in [9.17, 15) is 0 Å². The zero-order valence-corrected chi connectivity index (χ0v) is 6.41. The second-order valence-electron chi connectivity index (χ2n) is 3.04. The van der Waals surface area contributed by atoms with E-state index in [2.05, 4.69) is 17.1 Å². The fourth-order valence-electron chi connectivity index (χ4n) is 1.74. The van der Waals surface area contributed by atoms with Crippen molar-refractivity contribution >= 4 is 11.8 Å². The van der Waals surface area contributed by atoms with E-state index in [1.807, 2.05) is 0 Å². The average molecular weight is 143 g/mol. The Morgan fingerprint density at radius 3 is 3.11 bits per heavy atom. The van der Waals surface area contributed by atoms with Crippen LogP contribution in [0.5, 0.6) is 0 Å². The first-order valence-electron chi connectivity index (χ1n) is 3.77. The molecule has 0 aromatic rings. The fraction of sp³-hybridized carbons (Fsp3) is 1.00. The minimum Gasteiger partial charge on any atom is -0.315 e. The summed E-state index contributed by atoms with van der Waals surface area (Å²) in [6.07, 6.45) is 2.94. The Morgan fingerprint density at radius 1 is 1.33 bits per heavy atom.